The van der Waals surface area contributed by atoms with Crippen LogP contribution in [0.5, 0.6) is 5.75 Å². The SMILES string of the molecule is COc1ccc(-c2cc(C(=O)Nc3ccc(Br)c(C)c3C)c3cc(C)cc(C)c3n2)cc1. The normalized spacial score (nSPS) is 10.9. The Hall–Kier alpha value is -3.18. The summed E-state index contributed by atoms with van der Waals surface area (Å²) in [7, 11) is 1.64. The van der Waals surface area contributed by atoms with Crippen LogP contribution in [0.4, 0.5) is 5.69 Å². The fourth-order valence-corrected chi connectivity index (χ4v) is 4.32. The summed E-state index contributed by atoms with van der Waals surface area (Å²) < 4.78 is 6.30. The van der Waals surface area contributed by atoms with Crippen LogP contribution in [0.15, 0.2) is 59.1 Å². The molecule has 32 heavy (non-hydrogen) atoms. The number of benzene rings is 3. The zero-order valence-corrected chi connectivity index (χ0v) is 20.4. The summed E-state index contributed by atoms with van der Waals surface area (Å²) in [6.45, 7) is 8.11. The Labute approximate surface area is 196 Å². The van der Waals surface area contributed by atoms with Gasteiger partial charge in [-0.25, -0.2) is 4.98 Å². The van der Waals surface area contributed by atoms with Crippen molar-refractivity contribution in [3.05, 3.63) is 86.9 Å². The first-order valence-electron chi connectivity index (χ1n) is 10.4. The van der Waals surface area contributed by atoms with E-state index in [1.54, 1.807) is 7.11 Å². The van der Waals surface area contributed by atoms with Crippen molar-refractivity contribution in [2.45, 2.75) is 27.7 Å². The Morgan fingerprint density at radius 2 is 1.66 bits per heavy atom. The van der Waals surface area contributed by atoms with Crippen LogP contribution in [-0.4, -0.2) is 18.0 Å². The van der Waals surface area contributed by atoms with Crippen LogP contribution in [0.25, 0.3) is 22.2 Å². The van der Waals surface area contributed by atoms with Gasteiger partial charge in [-0.3, -0.25) is 4.79 Å². The molecular formula is C27H25BrN2O2. The van der Waals surface area contributed by atoms with Crippen LogP contribution in [0.3, 0.4) is 0 Å². The molecule has 1 amide bonds. The molecule has 1 aromatic heterocycles. The zero-order chi connectivity index (χ0) is 23.0. The Bertz CT molecular complexity index is 1340. The molecule has 0 bridgehead atoms. The van der Waals surface area contributed by atoms with Crippen molar-refractivity contribution < 1.29 is 9.53 Å². The largest absolute Gasteiger partial charge is 0.497 e. The highest BCUT2D eigenvalue weighted by Gasteiger charge is 2.17. The van der Waals surface area contributed by atoms with Crippen molar-refractivity contribution in [2.75, 3.05) is 12.4 Å². The summed E-state index contributed by atoms with van der Waals surface area (Å²) in [6.07, 6.45) is 0. The minimum absolute atomic E-state index is 0.151. The van der Waals surface area contributed by atoms with Crippen molar-refractivity contribution in [1.82, 2.24) is 4.98 Å². The lowest BCUT2D eigenvalue weighted by Gasteiger charge is -2.15. The van der Waals surface area contributed by atoms with E-state index < -0.39 is 0 Å². The minimum atomic E-state index is -0.151. The Kier molecular flexibility index (Phi) is 6.02. The standard InChI is InChI=1S/C27H25BrN2O2/c1-15-12-16(2)26-21(13-15)22(14-25(29-26)19-6-8-20(32-5)9-7-19)27(31)30-24-11-10-23(28)17(3)18(24)4/h6-14H,1-5H3,(H,30,31). The van der Waals surface area contributed by atoms with Crippen LogP contribution in [0, 0.1) is 27.7 Å². The Morgan fingerprint density at radius 1 is 0.938 bits per heavy atom. The molecule has 0 radical (unpaired) electrons. The zero-order valence-electron chi connectivity index (χ0n) is 18.8. The number of carbonyl (C=O) groups is 1. The van der Waals surface area contributed by atoms with Crippen molar-refractivity contribution >= 4 is 38.4 Å². The number of anilines is 1. The fourth-order valence-electron chi connectivity index (χ4n) is 3.89. The summed E-state index contributed by atoms with van der Waals surface area (Å²) in [5, 5.41) is 3.97. The number of nitrogens with zero attached hydrogens (tertiary/aromatic N) is 1. The topological polar surface area (TPSA) is 51.2 Å². The first kappa shape index (κ1) is 22.0. The van der Waals surface area contributed by atoms with E-state index in [-0.39, 0.29) is 5.91 Å². The highest BCUT2D eigenvalue weighted by molar-refractivity contribution is 9.10. The Morgan fingerprint density at radius 3 is 2.34 bits per heavy atom. The second-order valence-corrected chi connectivity index (χ2v) is 8.91. The van der Waals surface area contributed by atoms with Crippen LogP contribution < -0.4 is 10.1 Å². The summed E-state index contributed by atoms with van der Waals surface area (Å²) in [4.78, 5) is 18.4. The van der Waals surface area contributed by atoms with E-state index in [9.17, 15) is 4.79 Å². The summed E-state index contributed by atoms with van der Waals surface area (Å²) in [6, 6.07) is 17.6. The predicted molar refractivity (Wildman–Crippen MR) is 135 cm³/mol. The third-order valence-electron chi connectivity index (χ3n) is 5.85. The molecule has 4 aromatic rings. The summed E-state index contributed by atoms with van der Waals surface area (Å²) in [5.74, 6) is 0.627. The van der Waals surface area contributed by atoms with Crippen LogP contribution in [-0.2, 0) is 0 Å². The van der Waals surface area contributed by atoms with E-state index in [0.29, 0.717) is 5.56 Å². The van der Waals surface area contributed by atoms with Gasteiger partial charge in [0.15, 0.2) is 0 Å². The third-order valence-corrected chi connectivity index (χ3v) is 6.71. The molecule has 1 N–H and O–H groups in total. The third kappa shape index (κ3) is 4.13. The van der Waals surface area contributed by atoms with Gasteiger partial charge in [-0.15, -0.1) is 0 Å². The van der Waals surface area contributed by atoms with Gasteiger partial charge in [-0.1, -0.05) is 27.6 Å². The van der Waals surface area contributed by atoms with Gasteiger partial charge in [0.25, 0.3) is 5.91 Å². The van der Waals surface area contributed by atoms with Gasteiger partial charge >= 0.3 is 0 Å². The first-order chi connectivity index (χ1) is 15.3. The van der Waals surface area contributed by atoms with E-state index in [0.717, 1.165) is 60.3 Å². The van der Waals surface area contributed by atoms with Crippen molar-refractivity contribution in [3.63, 3.8) is 0 Å². The van der Waals surface area contributed by atoms with Crippen molar-refractivity contribution in [3.8, 4) is 17.0 Å². The average Bonchev–Trinajstić information content (AvgIpc) is 2.79. The lowest BCUT2D eigenvalue weighted by atomic mass is 9.99. The number of amides is 1. The number of halogens is 1. The van der Waals surface area contributed by atoms with Crippen molar-refractivity contribution in [1.29, 1.82) is 0 Å². The Balaban J connectivity index is 1.86. The van der Waals surface area contributed by atoms with Crippen LogP contribution in [0.1, 0.15) is 32.6 Å². The van der Waals surface area contributed by atoms with Gasteiger partial charge in [0, 0.05) is 21.1 Å². The molecular weight excluding hydrogens is 464 g/mol. The second kappa shape index (κ2) is 8.75. The maximum absolute atomic E-state index is 13.5. The number of nitrogens with one attached hydrogen (secondary N) is 1. The molecule has 4 rings (SSSR count). The summed E-state index contributed by atoms with van der Waals surface area (Å²) >= 11 is 3.56. The van der Waals surface area contributed by atoms with E-state index in [4.69, 9.17) is 9.72 Å². The lowest BCUT2D eigenvalue weighted by molar-refractivity contribution is 0.102. The van der Waals surface area contributed by atoms with E-state index in [2.05, 4.69) is 27.3 Å². The molecule has 0 spiro atoms. The van der Waals surface area contributed by atoms with Gasteiger partial charge < -0.3 is 10.1 Å². The maximum atomic E-state index is 13.5. The average molecular weight is 489 g/mol. The molecule has 0 aliphatic heterocycles. The molecule has 162 valence electrons. The quantitative estimate of drug-likeness (QED) is 0.331. The lowest BCUT2D eigenvalue weighted by Crippen LogP contribution is -2.14. The molecule has 5 heteroatoms. The van der Waals surface area contributed by atoms with E-state index in [1.807, 2.05) is 76.2 Å². The number of methoxy groups -OCH3 is 1. The summed E-state index contributed by atoms with van der Waals surface area (Å²) in [5.41, 5.74) is 8.19. The molecule has 0 aliphatic carbocycles. The molecule has 0 aliphatic rings. The van der Waals surface area contributed by atoms with E-state index >= 15 is 0 Å². The maximum Gasteiger partial charge on any atom is 0.256 e. The van der Waals surface area contributed by atoms with Gasteiger partial charge in [0.2, 0.25) is 0 Å². The first-order valence-corrected chi connectivity index (χ1v) is 11.2. The predicted octanol–water partition coefficient (Wildman–Crippen LogP) is 7.16. The number of pyridine rings is 1. The number of hydrogen-bond acceptors (Lipinski definition) is 3. The molecule has 4 nitrogen and oxygen atoms in total. The number of aryl methyl sites for hydroxylation is 2. The smallest absolute Gasteiger partial charge is 0.256 e. The molecule has 0 atom stereocenters. The highest BCUT2D eigenvalue weighted by Crippen LogP contribution is 2.31. The fraction of sp³-hybridized carbons (Fsp3) is 0.185. The number of aromatic nitrogens is 1. The van der Waals surface area contributed by atoms with Crippen LogP contribution >= 0.6 is 15.9 Å². The molecule has 0 saturated carbocycles. The molecule has 3 aromatic carbocycles. The number of carbonyl (C=O) groups excluding carboxylic acids is 1. The highest BCUT2D eigenvalue weighted by atomic mass is 79.9. The van der Waals surface area contributed by atoms with Gasteiger partial charge in [0.1, 0.15) is 5.75 Å². The van der Waals surface area contributed by atoms with Gasteiger partial charge in [-0.2, -0.15) is 0 Å². The minimum Gasteiger partial charge on any atom is -0.497 e. The second-order valence-electron chi connectivity index (χ2n) is 8.06. The molecule has 1 heterocycles. The van der Waals surface area contributed by atoms with Gasteiger partial charge in [0.05, 0.1) is 23.9 Å². The monoisotopic (exact) mass is 488 g/mol. The number of hydrogen-bond donors (Lipinski definition) is 1. The van der Waals surface area contributed by atoms with Gasteiger partial charge in [-0.05, 0) is 92.9 Å². The number of fused-ring (bicyclic) bond motifs is 1. The molecule has 0 saturated heterocycles. The van der Waals surface area contributed by atoms with E-state index in [1.165, 1.54) is 0 Å². The van der Waals surface area contributed by atoms with Crippen molar-refractivity contribution in [2.24, 2.45) is 0 Å². The van der Waals surface area contributed by atoms with Crippen LogP contribution in [0.2, 0.25) is 0 Å². The molecule has 0 unspecified atom stereocenters. The number of rotatable bonds is 4. The molecule has 0 fully saturated rings. The number of ether oxygens (including phenoxy) is 1.